The van der Waals surface area contributed by atoms with Crippen LogP contribution in [0.3, 0.4) is 0 Å². The highest BCUT2D eigenvalue weighted by Crippen LogP contribution is 2.25. The van der Waals surface area contributed by atoms with Crippen molar-refractivity contribution in [2.24, 2.45) is 0 Å². The van der Waals surface area contributed by atoms with Crippen molar-refractivity contribution >= 4 is 11.3 Å². The van der Waals surface area contributed by atoms with E-state index in [9.17, 15) is 0 Å². The van der Waals surface area contributed by atoms with Gasteiger partial charge in [0, 0.05) is 29.5 Å². The van der Waals surface area contributed by atoms with Gasteiger partial charge in [-0.05, 0) is 26.5 Å². The standard InChI is InChI=1S/C11H14N4S/c1-7-4-13-10(14-5-7)11-15-6-9(16-11)8(2)12-3/h4-6,8,12H,1-3H3. The highest BCUT2D eigenvalue weighted by Gasteiger charge is 2.10. The molecule has 2 rings (SSSR count). The first-order chi connectivity index (χ1) is 7.70. The molecule has 0 spiro atoms. The zero-order valence-electron chi connectivity index (χ0n) is 9.56. The Morgan fingerprint density at radius 1 is 1.19 bits per heavy atom. The molecular formula is C11H14N4S. The molecule has 16 heavy (non-hydrogen) atoms. The molecule has 0 radical (unpaired) electrons. The lowest BCUT2D eigenvalue weighted by Gasteiger charge is -2.04. The van der Waals surface area contributed by atoms with Gasteiger partial charge in [-0.25, -0.2) is 15.0 Å². The minimum atomic E-state index is 0.316. The monoisotopic (exact) mass is 234 g/mol. The van der Waals surface area contributed by atoms with Crippen LogP contribution in [0.2, 0.25) is 0 Å². The molecule has 2 heterocycles. The summed E-state index contributed by atoms with van der Waals surface area (Å²) in [6.45, 7) is 4.08. The Morgan fingerprint density at radius 2 is 1.88 bits per heavy atom. The first-order valence-corrected chi connectivity index (χ1v) is 5.94. The van der Waals surface area contributed by atoms with Gasteiger partial charge in [0.15, 0.2) is 10.8 Å². The Kier molecular flexibility index (Phi) is 3.26. The van der Waals surface area contributed by atoms with Crippen molar-refractivity contribution in [3.63, 3.8) is 0 Å². The van der Waals surface area contributed by atoms with Gasteiger partial charge in [-0.15, -0.1) is 11.3 Å². The van der Waals surface area contributed by atoms with Gasteiger partial charge in [-0.2, -0.15) is 0 Å². The fraction of sp³-hybridized carbons (Fsp3) is 0.364. The quantitative estimate of drug-likeness (QED) is 0.884. The van der Waals surface area contributed by atoms with Crippen molar-refractivity contribution in [1.82, 2.24) is 20.3 Å². The highest BCUT2D eigenvalue weighted by molar-refractivity contribution is 7.15. The molecule has 0 saturated heterocycles. The van der Waals surface area contributed by atoms with Crippen LogP contribution in [0.4, 0.5) is 0 Å². The van der Waals surface area contributed by atoms with Crippen LogP contribution in [0.1, 0.15) is 23.4 Å². The van der Waals surface area contributed by atoms with Gasteiger partial charge >= 0.3 is 0 Å². The first kappa shape index (κ1) is 11.2. The van der Waals surface area contributed by atoms with E-state index in [2.05, 4.69) is 27.2 Å². The number of nitrogens with one attached hydrogen (secondary N) is 1. The van der Waals surface area contributed by atoms with Crippen LogP contribution in [-0.2, 0) is 0 Å². The Labute approximate surface area is 98.8 Å². The average molecular weight is 234 g/mol. The number of nitrogens with zero attached hydrogens (tertiary/aromatic N) is 3. The summed E-state index contributed by atoms with van der Waals surface area (Å²) in [6, 6.07) is 0.316. The first-order valence-electron chi connectivity index (χ1n) is 5.12. The molecule has 0 saturated carbocycles. The SMILES string of the molecule is CNC(C)c1cnc(-c2ncc(C)cn2)s1. The van der Waals surface area contributed by atoms with E-state index in [1.807, 2.05) is 32.6 Å². The molecule has 1 N–H and O–H groups in total. The number of aromatic nitrogens is 3. The predicted molar refractivity (Wildman–Crippen MR) is 65.4 cm³/mol. The third-order valence-corrected chi connectivity index (χ3v) is 3.53. The van der Waals surface area contributed by atoms with Gasteiger partial charge in [0.2, 0.25) is 0 Å². The van der Waals surface area contributed by atoms with Crippen molar-refractivity contribution in [1.29, 1.82) is 0 Å². The molecule has 2 aromatic rings. The van der Waals surface area contributed by atoms with Crippen LogP contribution < -0.4 is 5.32 Å². The molecule has 1 atom stereocenters. The molecule has 0 aliphatic rings. The Bertz CT molecular complexity index is 463. The van der Waals surface area contributed by atoms with E-state index in [1.54, 1.807) is 11.3 Å². The molecular weight excluding hydrogens is 220 g/mol. The summed E-state index contributed by atoms with van der Waals surface area (Å²) in [5, 5.41) is 4.06. The molecule has 2 aromatic heterocycles. The summed E-state index contributed by atoms with van der Waals surface area (Å²) >= 11 is 1.63. The fourth-order valence-electron chi connectivity index (χ4n) is 1.24. The van der Waals surface area contributed by atoms with Gasteiger partial charge < -0.3 is 5.32 Å². The smallest absolute Gasteiger partial charge is 0.188 e. The largest absolute Gasteiger partial charge is 0.312 e. The minimum absolute atomic E-state index is 0.316. The summed E-state index contributed by atoms with van der Waals surface area (Å²) in [6.07, 6.45) is 5.50. The second-order valence-corrected chi connectivity index (χ2v) is 4.72. The van der Waals surface area contributed by atoms with Crippen LogP contribution in [0.5, 0.6) is 0 Å². The normalized spacial score (nSPS) is 12.7. The molecule has 0 aliphatic heterocycles. The fourth-order valence-corrected chi connectivity index (χ4v) is 2.16. The molecule has 0 amide bonds. The van der Waals surface area contributed by atoms with E-state index in [0.717, 1.165) is 10.6 Å². The zero-order chi connectivity index (χ0) is 11.5. The lowest BCUT2D eigenvalue weighted by molar-refractivity contribution is 0.662. The zero-order valence-corrected chi connectivity index (χ0v) is 10.4. The average Bonchev–Trinajstić information content (AvgIpc) is 2.78. The van der Waals surface area contributed by atoms with Crippen molar-refractivity contribution in [3.8, 4) is 10.8 Å². The Hall–Kier alpha value is -1.33. The van der Waals surface area contributed by atoms with Gasteiger partial charge in [0.05, 0.1) is 0 Å². The third-order valence-electron chi connectivity index (χ3n) is 2.36. The maximum Gasteiger partial charge on any atom is 0.188 e. The summed E-state index contributed by atoms with van der Waals surface area (Å²) in [5.74, 6) is 0.699. The third kappa shape index (κ3) is 2.25. The van der Waals surface area contributed by atoms with Crippen molar-refractivity contribution < 1.29 is 0 Å². The summed E-state index contributed by atoms with van der Waals surface area (Å²) in [7, 11) is 1.94. The second kappa shape index (κ2) is 4.67. The maximum absolute atomic E-state index is 4.34. The number of hydrogen-bond donors (Lipinski definition) is 1. The van der Waals surface area contributed by atoms with Gasteiger partial charge in [-0.3, -0.25) is 0 Å². The van der Waals surface area contributed by atoms with Crippen molar-refractivity contribution in [2.45, 2.75) is 19.9 Å². The molecule has 1 unspecified atom stereocenters. The highest BCUT2D eigenvalue weighted by atomic mass is 32.1. The summed E-state index contributed by atoms with van der Waals surface area (Å²) < 4.78 is 0. The molecule has 0 aromatic carbocycles. The van der Waals surface area contributed by atoms with E-state index in [4.69, 9.17) is 0 Å². The van der Waals surface area contributed by atoms with Crippen LogP contribution >= 0.6 is 11.3 Å². The van der Waals surface area contributed by atoms with Crippen molar-refractivity contribution in [3.05, 3.63) is 29.0 Å². The lowest BCUT2D eigenvalue weighted by atomic mass is 10.3. The molecule has 4 nitrogen and oxygen atoms in total. The summed E-state index contributed by atoms with van der Waals surface area (Å²) in [5.41, 5.74) is 1.06. The molecule has 0 aliphatic carbocycles. The number of thiazole rings is 1. The maximum atomic E-state index is 4.34. The second-order valence-electron chi connectivity index (χ2n) is 3.66. The minimum Gasteiger partial charge on any atom is -0.312 e. The van der Waals surface area contributed by atoms with E-state index < -0.39 is 0 Å². The van der Waals surface area contributed by atoms with Gasteiger partial charge in [0.25, 0.3) is 0 Å². The Balaban J connectivity index is 2.28. The number of hydrogen-bond acceptors (Lipinski definition) is 5. The molecule has 84 valence electrons. The van der Waals surface area contributed by atoms with Gasteiger partial charge in [-0.1, -0.05) is 0 Å². The summed E-state index contributed by atoms with van der Waals surface area (Å²) in [4.78, 5) is 14.1. The van der Waals surface area contributed by atoms with E-state index in [0.29, 0.717) is 11.9 Å². The van der Waals surface area contributed by atoms with Crippen LogP contribution in [-0.4, -0.2) is 22.0 Å². The van der Waals surface area contributed by atoms with E-state index in [1.165, 1.54) is 4.88 Å². The van der Waals surface area contributed by atoms with Crippen LogP contribution in [0.25, 0.3) is 10.8 Å². The van der Waals surface area contributed by atoms with Crippen molar-refractivity contribution in [2.75, 3.05) is 7.05 Å². The number of aryl methyl sites for hydroxylation is 1. The van der Waals surface area contributed by atoms with E-state index in [-0.39, 0.29) is 0 Å². The topological polar surface area (TPSA) is 50.7 Å². The van der Waals surface area contributed by atoms with Crippen LogP contribution in [0.15, 0.2) is 18.6 Å². The van der Waals surface area contributed by atoms with Gasteiger partial charge in [0.1, 0.15) is 0 Å². The number of rotatable bonds is 3. The van der Waals surface area contributed by atoms with Crippen LogP contribution in [0, 0.1) is 6.92 Å². The Morgan fingerprint density at radius 3 is 2.50 bits per heavy atom. The lowest BCUT2D eigenvalue weighted by Crippen LogP contribution is -2.10. The molecule has 0 bridgehead atoms. The molecule has 5 heteroatoms. The van der Waals surface area contributed by atoms with E-state index >= 15 is 0 Å². The predicted octanol–water partition coefficient (Wildman–Crippen LogP) is 2.19. The molecule has 0 fully saturated rings.